The minimum absolute atomic E-state index is 0. The smallest absolute Gasteiger partial charge is 0.411 e. The Hall–Kier alpha value is -1.92. The quantitative estimate of drug-likeness (QED) is 0.342. The predicted octanol–water partition coefficient (Wildman–Crippen LogP) is 0.850. The fourth-order valence-corrected chi connectivity index (χ4v) is 0.849. The molecule has 0 fully saturated rings. The molecule has 0 aliphatic rings. The van der Waals surface area contributed by atoms with Gasteiger partial charge in [0, 0.05) is 19.1 Å². The zero-order chi connectivity index (χ0) is 18.5. The van der Waals surface area contributed by atoms with Crippen LogP contribution in [0.2, 0.25) is 0 Å². The van der Waals surface area contributed by atoms with Crippen molar-refractivity contribution in [1.29, 1.82) is 0 Å². The molecule has 0 unspecified atom stereocenters. The number of rotatable bonds is 7. The number of hydrogen-bond acceptors (Lipinski definition) is 9. The third kappa shape index (κ3) is 35.9. The molecule has 0 aliphatic heterocycles. The summed E-state index contributed by atoms with van der Waals surface area (Å²) in [5.74, 6) is -1.10. The van der Waals surface area contributed by atoms with Crippen LogP contribution >= 0.6 is 0 Å². The molecular weight excluding hydrogens is 384 g/mol. The van der Waals surface area contributed by atoms with Gasteiger partial charge in [-0.25, -0.2) is 13.2 Å². The molecule has 168 valence electrons. The summed E-state index contributed by atoms with van der Waals surface area (Å²) in [6.07, 6.45) is -1.08. The molecule has 0 atom stereocenters. The molecule has 0 saturated carbocycles. The van der Waals surface area contributed by atoms with Crippen molar-refractivity contribution in [2.45, 2.75) is 62.7 Å². The zero-order valence-electron chi connectivity index (χ0n) is 13.2. The van der Waals surface area contributed by atoms with E-state index < -0.39 is 34.4 Å². The predicted molar refractivity (Wildman–Crippen MR) is 101 cm³/mol. The largest absolute Gasteiger partial charge is 0.748 e. The van der Waals surface area contributed by atoms with Crippen molar-refractivity contribution < 1.29 is 47.3 Å². The van der Waals surface area contributed by atoms with Crippen molar-refractivity contribution in [2.24, 2.45) is 0 Å². The lowest BCUT2D eigenvalue weighted by Gasteiger charge is -2.17. The summed E-state index contributed by atoms with van der Waals surface area (Å²) in [5, 5.41) is 2.28. The highest BCUT2D eigenvalue weighted by molar-refractivity contribution is 7.84. The molecule has 0 aromatic rings. The topological polar surface area (TPSA) is 176 Å². The molecule has 0 aromatic carbocycles. The third-order valence-electron chi connectivity index (χ3n) is 1.72. The molecule has 0 saturated heterocycles. The highest BCUT2D eigenvalue weighted by atomic mass is 32.2. The summed E-state index contributed by atoms with van der Waals surface area (Å²) in [6, 6.07) is 0. The van der Waals surface area contributed by atoms with Crippen LogP contribution in [0.1, 0.15) is 56.4 Å². The molecule has 11 nitrogen and oxygen atoms in total. The Morgan fingerprint density at radius 2 is 1.33 bits per heavy atom. The molecule has 0 aliphatic carbocycles. The van der Waals surface area contributed by atoms with E-state index in [4.69, 9.17) is 27.2 Å². The highest BCUT2D eigenvalue weighted by Crippen LogP contribution is 2.01. The lowest BCUT2D eigenvalue weighted by Crippen LogP contribution is -2.58. The highest BCUT2D eigenvalue weighted by Gasteiger charge is 2.19. The Kier molecular flexibility index (Phi) is 32.7. The molecule has 0 bridgehead atoms. The van der Waals surface area contributed by atoms with Gasteiger partial charge >= 0.3 is 18.0 Å². The van der Waals surface area contributed by atoms with Crippen molar-refractivity contribution >= 4 is 28.1 Å². The number of alkyl carbamates (subject to hydrolysis) is 1. The van der Waals surface area contributed by atoms with Crippen LogP contribution in [0.5, 0.6) is 0 Å². The lowest BCUT2D eigenvalue weighted by atomic mass is 10.5. The van der Waals surface area contributed by atoms with E-state index in [0.29, 0.717) is 6.26 Å². The second kappa shape index (κ2) is 22.1. The van der Waals surface area contributed by atoms with Crippen LogP contribution < -0.4 is 11.1 Å². The van der Waals surface area contributed by atoms with Gasteiger partial charge in [0.05, 0.1) is 10.1 Å². The summed E-state index contributed by atoms with van der Waals surface area (Å²) < 4.78 is 41.5. The Bertz CT molecular complexity index is 456. The number of esters is 2. The van der Waals surface area contributed by atoms with Gasteiger partial charge in [-0.1, -0.05) is 43.6 Å². The summed E-state index contributed by atoms with van der Waals surface area (Å²) >= 11 is 0. The molecule has 0 rings (SSSR count). The van der Waals surface area contributed by atoms with Crippen molar-refractivity contribution in [2.75, 3.05) is 19.5 Å². The van der Waals surface area contributed by atoms with Crippen molar-refractivity contribution in [3.8, 4) is 0 Å². The van der Waals surface area contributed by atoms with Crippen LogP contribution in [0.15, 0.2) is 0 Å². The van der Waals surface area contributed by atoms with E-state index in [1.807, 2.05) is 0 Å². The van der Waals surface area contributed by atoms with E-state index in [1.54, 1.807) is 13.8 Å². The molecule has 4 N–H and O–H groups in total. The molecular formula is C15H38N2O9S. The van der Waals surface area contributed by atoms with E-state index in [1.165, 1.54) is 0 Å². The Morgan fingerprint density at radius 1 is 1.00 bits per heavy atom. The van der Waals surface area contributed by atoms with Crippen molar-refractivity contribution in [3.63, 3.8) is 0 Å². The molecule has 12 heteroatoms. The fraction of sp³-hybridized carbons (Fsp3) is 0.800. The van der Waals surface area contributed by atoms with Crippen molar-refractivity contribution in [1.82, 2.24) is 5.32 Å². The summed E-state index contributed by atoms with van der Waals surface area (Å²) in [7, 11) is -3.92. The second-order valence-electron chi connectivity index (χ2n) is 3.85. The second-order valence-corrected chi connectivity index (χ2v) is 5.25. The number of ether oxygens (including phenoxy) is 3. The summed E-state index contributed by atoms with van der Waals surface area (Å²) in [5.41, 5.74) is 3.39. The fourth-order valence-electron chi connectivity index (χ4n) is 0.849. The first-order valence-corrected chi connectivity index (χ1v) is 8.34. The number of hydrogen-bond donors (Lipinski definition) is 2. The number of quaternary nitrogens is 1. The zero-order valence-corrected chi connectivity index (χ0v) is 14.0. The van der Waals surface area contributed by atoms with Gasteiger partial charge in [0.25, 0.3) is 6.29 Å². The number of carbonyl (C=O) groups excluding carboxylic acids is 3. The average Bonchev–Trinajstić information content (AvgIpc) is 2.42. The normalized spacial score (nSPS) is 8.67. The number of nitrogens with one attached hydrogen (secondary N) is 1. The maximum Gasteiger partial charge on any atom is 0.411 e. The summed E-state index contributed by atoms with van der Waals surface area (Å²) in [4.78, 5) is 33.2. The van der Waals surface area contributed by atoms with E-state index in [-0.39, 0.29) is 55.8 Å². The van der Waals surface area contributed by atoms with Gasteiger partial charge in [-0.2, -0.15) is 0 Å². The Morgan fingerprint density at radius 3 is 1.59 bits per heavy atom. The molecule has 0 heterocycles. The van der Waals surface area contributed by atoms with Gasteiger partial charge in [-0.15, -0.1) is 0 Å². The maximum absolute atomic E-state index is 11.1. The van der Waals surface area contributed by atoms with Crippen LogP contribution in [-0.2, 0) is 33.9 Å². The minimum Gasteiger partial charge on any atom is -0.748 e. The van der Waals surface area contributed by atoms with Gasteiger partial charge in [0.2, 0.25) is 0 Å². The number of amides is 1. The van der Waals surface area contributed by atoms with Gasteiger partial charge in [0.1, 0.15) is 0 Å². The van der Waals surface area contributed by atoms with Crippen LogP contribution in [0, 0.1) is 0 Å². The number of carbonyl (C=O) groups is 3. The molecule has 0 radical (unpaired) electrons. The summed E-state index contributed by atoms with van der Waals surface area (Å²) in [6.45, 7) is 2.99. The minimum atomic E-state index is -3.92. The Balaban J connectivity index is -0.000000109. The van der Waals surface area contributed by atoms with Crippen LogP contribution in [-0.4, -0.2) is 56.8 Å². The molecule has 1 amide bonds. The molecule has 27 heavy (non-hydrogen) atoms. The lowest BCUT2D eigenvalue weighted by molar-refractivity contribution is -0.372. The molecule has 0 aromatic heterocycles. The third-order valence-corrected chi connectivity index (χ3v) is 1.72. The van der Waals surface area contributed by atoms with Gasteiger partial charge in [-0.3, -0.25) is 14.9 Å². The van der Waals surface area contributed by atoms with Crippen LogP contribution in [0.3, 0.4) is 0 Å². The van der Waals surface area contributed by atoms with E-state index in [9.17, 15) is 14.4 Å². The van der Waals surface area contributed by atoms with E-state index in [2.05, 4.69) is 11.1 Å². The first-order chi connectivity index (χ1) is 10.5. The monoisotopic (exact) mass is 422 g/mol. The standard InChI is InChI=1S/C10H18N2O6.CH4O3S.4CH4/c1-3-7(13)17-9(18-8(14)4-2)5-16-10(15)12-6-11;1-5(2,3)4;;;;/h9H,3-6,11H2,1-2H3,(H,12,15);1H3,(H,2,3,4);4*1H4. The van der Waals surface area contributed by atoms with Crippen LogP contribution in [0.4, 0.5) is 4.79 Å². The van der Waals surface area contributed by atoms with E-state index >= 15 is 0 Å². The van der Waals surface area contributed by atoms with Crippen molar-refractivity contribution in [3.05, 3.63) is 0 Å². The van der Waals surface area contributed by atoms with Gasteiger partial charge < -0.3 is 24.5 Å². The first kappa shape index (κ1) is 39.9. The van der Waals surface area contributed by atoms with Gasteiger partial charge in [-0.05, 0) is 0 Å². The van der Waals surface area contributed by atoms with Crippen LogP contribution in [0.25, 0.3) is 0 Å². The maximum atomic E-state index is 11.1. The average molecular weight is 423 g/mol. The first-order valence-electron chi connectivity index (χ1n) is 6.53. The van der Waals surface area contributed by atoms with E-state index in [0.717, 1.165) is 0 Å². The van der Waals surface area contributed by atoms with Gasteiger partial charge in [0.15, 0.2) is 13.3 Å². The Labute approximate surface area is 163 Å². The molecule has 0 spiro atoms. The SMILES string of the molecule is C.C.C.C.CCC(=O)OC(COC(=O)NC[NH3+])OC(=O)CC.CS(=O)(=O)[O-].